The number of nitrogens with zero attached hydrogens (tertiary/aromatic N) is 3. The molecule has 0 aliphatic rings. The molecule has 0 saturated carbocycles. The molecule has 0 spiro atoms. The molecule has 0 aromatic carbocycles. The first-order valence-electron chi connectivity index (χ1n) is 4.65. The summed E-state index contributed by atoms with van der Waals surface area (Å²) in [4.78, 5) is 15.2. The van der Waals surface area contributed by atoms with E-state index >= 15 is 0 Å². The van der Waals surface area contributed by atoms with Gasteiger partial charge in [0.05, 0.1) is 0 Å². The minimum absolute atomic E-state index is 0.0955. The van der Waals surface area contributed by atoms with E-state index in [0.29, 0.717) is 12.8 Å². The fourth-order valence-electron chi connectivity index (χ4n) is 1.23. The molecule has 0 fully saturated rings. The van der Waals surface area contributed by atoms with Crippen LogP contribution < -0.4 is 0 Å². The van der Waals surface area contributed by atoms with Gasteiger partial charge in [0.25, 0.3) is 0 Å². The minimum atomic E-state index is 0.0955. The molecule has 1 heterocycles. The third kappa shape index (κ3) is 2.92. The van der Waals surface area contributed by atoms with E-state index in [0.717, 1.165) is 12.4 Å². The highest BCUT2D eigenvalue weighted by molar-refractivity contribution is 5.79. The van der Waals surface area contributed by atoms with E-state index in [1.165, 1.54) is 13.4 Å². The smallest absolute Gasteiger partial charge is 0.158 e. The zero-order chi connectivity index (χ0) is 10.4. The number of hydrogen-bond acceptors (Lipinski definition) is 4. The summed E-state index contributed by atoms with van der Waals surface area (Å²) in [6.45, 7) is 2.96. The van der Waals surface area contributed by atoms with Crippen molar-refractivity contribution in [3.63, 3.8) is 0 Å². The highest BCUT2D eigenvalue weighted by Gasteiger charge is 2.06. The summed E-state index contributed by atoms with van der Waals surface area (Å²) >= 11 is 0. The first kappa shape index (κ1) is 10.8. The van der Waals surface area contributed by atoms with Gasteiger partial charge in [0.15, 0.2) is 5.78 Å². The lowest BCUT2D eigenvalue weighted by Crippen LogP contribution is -2.10. The number of aromatic nitrogens is 3. The maximum atomic E-state index is 11.2. The van der Waals surface area contributed by atoms with Gasteiger partial charge in [-0.15, -0.1) is 0 Å². The summed E-state index contributed by atoms with van der Waals surface area (Å²) in [5, 5.41) is 4.02. The van der Waals surface area contributed by atoms with Gasteiger partial charge >= 0.3 is 0 Å². The summed E-state index contributed by atoms with van der Waals surface area (Å²) in [5.74, 6) is 0.954. The number of Topliss-reactive ketones (excluding diaryl/α,β-unsaturated/α-hetero) is 1. The second kappa shape index (κ2) is 5.49. The van der Waals surface area contributed by atoms with E-state index in [9.17, 15) is 4.79 Å². The van der Waals surface area contributed by atoms with Crippen LogP contribution in [0.15, 0.2) is 6.33 Å². The molecule has 0 aliphatic heterocycles. The number of aryl methyl sites for hydroxylation is 2. The van der Waals surface area contributed by atoms with E-state index < -0.39 is 0 Å². The van der Waals surface area contributed by atoms with Gasteiger partial charge in [0.2, 0.25) is 0 Å². The molecular formula is C9H15N3O2. The highest BCUT2D eigenvalue weighted by Crippen LogP contribution is 1.99. The Hall–Kier alpha value is -1.23. The van der Waals surface area contributed by atoms with Crippen molar-refractivity contribution < 1.29 is 9.53 Å². The molecule has 0 N–H and O–H groups in total. The first-order chi connectivity index (χ1) is 6.77. The van der Waals surface area contributed by atoms with Crippen LogP contribution in [0.2, 0.25) is 0 Å². The summed E-state index contributed by atoms with van der Waals surface area (Å²) in [7, 11) is 1.52. The van der Waals surface area contributed by atoms with Gasteiger partial charge in [0.1, 0.15) is 18.8 Å². The third-order valence-electron chi connectivity index (χ3n) is 1.93. The number of ketones is 1. The van der Waals surface area contributed by atoms with Gasteiger partial charge in [0, 0.05) is 26.5 Å². The van der Waals surface area contributed by atoms with E-state index in [2.05, 4.69) is 10.1 Å². The molecule has 5 heteroatoms. The van der Waals surface area contributed by atoms with Crippen molar-refractivity contribution in [2.24, 2.45) is 0 Å². The van der Waals surface area contributed by atoms with E-state index in [1.54, 1.807) is 4.68 Å². The lowest BCUT2D eigenvalue weighted by molar-refractivity contribution is -0.122. The molecule has 0 aliphatic carbocycles. The molecule has 5 nitrogen and oxygen atoms in total. The van der Waals surface area contributed by atoms with Gasteiger partial charge in [-0.05, 0) is 6.92 Å². The second-order valence-corrected chi connectivity index (χ2v) is 2.96. The summed E-state index contributed by atoms with van der Waals surface area (Å²) in [6.07, 6.45) is 2.61. The molecule has 1 rings (SSSR count). The van der Waals surface area contributed by atoms with Crippen molar-refractivity contribution in [1.82, 2.24) is 14.8 Å². The maximum Gasteiger partial charge on any atom is 0.158 e. The Morgan fingerprint density at radius 3 is 3.07 bits per heavy atom. The highest BCUT2D eigenvalue weighted by atomic mass is 16.5. The molecule has 78 valence electrons. The van der Waals surface area contributed by atoms with Gasteiger partial charge in [-0.2, -0.15) is 5.10 Å². The van der Waals surface area contributed by atoms with Crippen LogP contribution in [0, 0.1) is 0 Å². The molecule has 0 amide bonds. The second-order valence-electron chi connectivity index (χ2n) is 2.96. The Morgan fingerprint density at radius 2 is 2.43 bits per heavy atom. The summed E-state index contributed by atoms with van der Waals surface area (Å²) < 4.78 is 6.53. The average molecular weight is 197 g/mol. The van der Waals surface area contributed by atoms with Crippen LogP contribution in [0.1, 0.15) is 19.2 Å². The Morgan fingerprint density at radius 1 is 1.64 bits per heavy atom. The van der Waals surface area contributed by atoms with Crippen LogP contribution in [0.4, 0.5) is 0 Å². The van der Waals surface area contributed by atoms with Crippen LogP contribution in [0.25, 0.3) is 0 Å². The molecular weight excluding hydrogens is 182 g/mol. The van der Waals surface area contributed by atoms with Crippen molar-refractivity contribution in [2.45, 2.75) is 26.3 Å². The molecule has 0 atom stereocenters. The van der Waals surface area contributed by atoms with Gasteiger partial charge in [-0.1, -0.05) is 0 Å². The Labute approximate surface area is 83.1 Å². The number of carbonyl (C=O) groups is 1. The Kier molecular flexibility index (Phi) is 4.25. The number of carbonyl (C=O) groups excluding carboxylic acids is 1. The molecule has 0 saturated heterocycles. The van der Waals surface area contributed by atoms with Gasteiger partial charge in [-0.25, -0.2) is 4.98 Å². The van der Waals surface area contributed by atoms with Crippen molar-refractivity contribution >= 4 is 5.78 Å². The first-order valence-corrected chi connectivity index (χ1v) is 4.65. The normalized spacial score (nSPS) is 10.4. The quantitative estimate of drug-likeness (QED) is 0.664. The topological polar surface area (TPSA) is 57.0 Å². The largest absolute Gasteiger partial charge is 0.377 e. The lowest BCUT2D eigenvalue weighted by atomic mass is 10.2. The number of methoxy groups -OCH3 is 1. The van der Waals surface area contributed by atoms with Crippen LogP contribution >= 0.6 is 0 Å². The van der Waals surface area contributed by atoms with Crippen LogP contribution in [-0.2, 0) is 22.5 Å². The Bertz CT molecular complexity index is 296. The molecule has 1 aromatic rings. The fourth-order valence-corrected chi connectivity index (χ4v) is 1.23. The maximum absolute atomic E-state index is 11.2. The predicted octanol–water partition coefficient (Wildman–Crippen LogP) is 0.446. The zero-order valence-corrected chi connectivity index (χ0v) is 8.56. The predicted molar refractivity (Wildman–Crippen MR) is 50.9 cm³/mol. The van der Waals surface area contributed by atoms with E-state index in [1.807, 2.05) is 6.92 Å². The molecule has 14 heavy (non-hydrogen) atoms. The minimum Gasteiger partial charge on any atom is -0.377 e. The van der Waals surface area contributed by atoms with E-state index in [-0.39, 0.29) is 12.4 Å². The van der Waals surface area contributed by atoms with Crippen molar-refractivity contribution in [3.05, 3.63) is 12.2 Å². The average Bonchev–Trinajstić information content (AvgIpc) is 2.62. The fraction of sp³-hybridized carbons (Fsp3) is 0.667. The van der Waals surface area contributed by atoms with Crippen molar-refractivity contribution in [2.75, 3.05) is 13.7 Å². The van der Waals surface area contributed by atoms with E-state index in [4.69, 9.17) is 4.74 Å². The number of ether oxygens (including phenoxy) is 1. The molecule has 1 aromatic heterocycles. The molecule has 0 radical (unpaired) electrons. The standard InChI is InChI=1S/C9H15N3O2/c1-3-12-9(10-7-11-12)5-4-8(13)6-14-2/h7H,3-6H2,1-2H3. The molecule has 0 unspecified atom stereocenters. The SMILES string of the molecule is CCn1ncnc1CCC(=O)COC. The van der Waals surface area contributed by atoms with Crippen LogP contribution in [0.5, 0.6) is 0 Å². The van der Waals surface area contributed by atoms with Gasteiger partial charge in [-0.3, -0.25) is 9.48 Å². The lowest BCUT2D eigenvalue weighted by Gasteiger charge is -2.01. The van der Waals surface area contributed by atoms with Crippen LogP contribution in [-0.4, -0.2) is 34.3 Å². The number of hydrogen-bond donors (Lipinski definition) is 0. The van der Waals surface area contributed by atoms with Crippen molar-refractivity contribution in [1.29, 1.82) is 0 Å². The molecule has 0 bridgehead atoms. The summed E-state index contributed by atoms with van der Waals surface area (Å²) in [6, 6.07) is 0. The zero-order valence-electron chi connectivity index (χ0n) is 8.56. The van der Waals surface area contributed by atoms with Crippen molar-refractivity contribution in [3.8, 4) is 0 Å². The third-order valence-corrected chi connectivity index (χ3v) is 1.93. The Balaban J connectivity index is 2.41. The number of rotatable bonds is 6. The summed E-state index contributed by atoms with van der Waals surface area (Å²) in [5.41, 5.74) is 0. The van der Waals surface area contributed by atoms with Gasteiger partial charge < -0.3 is 4.74 Å². The van der Waals surface area contributed by atoms with Crippen LogP contribution in [0.3, 0.4) is 0 Å². The monoisotopic (exact) mass is 197 g/mol.